The number of urea groups is 1. The zero-order chi connectivity index (χ0) is 12.8. The van der Waals surface area contributed by atoms with E-state index in [0.717, 1.165) is 31.7 Å². The Balaban J connectivity index is 1.44. The van der Waals surface area contributed by atoms with Gasteiger partial charge in [0, 0.05) is 19.1 Å². The number of carbonyl (C=O) groups excluding carboxylic acids is 1. The van der Waals surface area contributed by atoms with E-state index in [-0.39, 0.29) is 6.03 Å². The molecule has 0 aromatic carbocycles. The van der Waals surface area contributed by atoms with Crippen molar-refractivity contribution < 1.29 is 4.79 Å². The van der Waals surface area contributed by atoms with Gasteiger partial charge in [-0.15, -0.1) is 0 Å². The number of amides is 2. The minimum Gasteiger partial charge on any atom is -0.338 e. The maximum atomic E-state index is 11.4. The molecule has 2 rings (SSSR count). The highest BCUT2D eigenvalue weighted by Gasteiger charge is 2.22. The third-order valence-electron chi connectivity index (χ3n) is 3.84. The van der Waals surface area contributed by atoms with Crippen LogP contribution in [0, 0.1) is 5.92 Å². The molecule has 1 unspecified atom stereocenters. The van der Waals surface area contributed by atoms with Gasteiger partial charge in [-0.3, -0.25) is 0 Å². The first-order chi connectivity index (χ1) is 8.74. The SMILES string of the molecule is CC1CCCN(CCCCNC(=O)NC2CC2)C1. The summed E-state index contributed by atoms with van der Waals surface area (Å²) in [6.07, 6.45) is 7.32. The molecule has 4 nitrogen and oxygen atoms in total. The van der Waals surface area contributed by atoms with Crippen molar-refractivity contribution in [3.05, 3.63) is 0 Å². The largest absolute Gasteiger partial charge is 0.338 e. The number of hydrogen-bond acceptors (Lipinski definition) is 2. The van der Waals surface area contributed by atoms with E-state index in [1.807, 2.05) is 0 Å². The van der Waals surface area contributed by atoms with Crippen LogP contribution in [-0.4, -0.2) is 43.2 Å². The fraction of sp³-hybridized carbons (Fsp3) is 0.929. The molecule has 18 heavy (non-hydrogen) atoms. The van der Waals surface area contributed by atoms with Crippen molar-refractivity contribution in [1.82, 2.24) is 15.5 Å². The normalized spacial score (nSPS) is 24.8. The van der Waals surface area contributed by atoms with Crippen molar-refractivity contribution in [3.8, 4) is 0 Å². The summed E-state index contributed by atoms with van der Waals surface area (Å²) >= 11 is 0. The average molecular weight is 253 g/mol. The van der Waals surface area contributed by atoms with E-state index in [2.05, 4.69) is 22.5 Å². The second kappa shape index (κ2) is 6.98. The average Bonchev–Trinajstić information content (AvgIpc) is 3.12. The first kappa shape index (κ1) is 13.7. The molecule has 0 aromatic rings. The molecule has 4 heteroatoms. The van der Waals surface area contributed by atoms with Crippen LogP contribution in [0.2, 0.25) is 0 Å². The van der Waals surface area contributed by atoms with E-state index in [1.165, 1.54) is 38.9 Å². The van der Waals surface area contributed by atoms with E-state index in [0.29, 0.717) is 6.04 Å². The Morgan fingerprint density at radius 1 is 1.28 bits per heavy atom. The molecular weight excluding hydrogens is 226 g/mol. The van der Waals surface area contributed by atoms with Crippen molar-refractivity contribution in [2.45, 2.75) is 51.5 Å². The van der Waals surface area contributed by atoms with Crippen LogP contribution in [0.4, 0.5) is 4.79 Å². The van der Waals surface area contributed by atoms with Crippen LogP contribution < -0.4 is 10.6 Å². The van der Waals surface area contributed by atoms with Gasteiger partial charge in [0.15, 0.2) is 0 Å². The predicted octanol–water partition coefficient (Wildman–Crippen LogP) is 1.96. The molecule has 1 saturated carbocycles. The first-order valence-corrected chi connectivity index (χ1v) is 7.51. The second-order valence-corrected chi connectivity index (χ2v) is 5.93. The highest BCUT2D eigenvalue weighted by atomic mass is 16.2. The Hall–Kier alpha value is -0.770. The van der Waals surface area contributed by atoms with Crippen molar-refractivity contribution in [3.63, 3.8) is 0 Å². The van der Waals surface area contributed by atoms with E-state index in [1.54, 1.807) is 0 Å². The van der Waals surface area contributed by atoms with Crippen LogP contribution in [0.15, 0.2) is 0 Å². The number of hydrogen-bond donors (Lipinski definition) is 2. The van der Waals surface area contributed by atoms with Gasteiger partial charge < -0.3 is 15.5 Å². The maximum Gasteiger partial charge on any atom is 0.315 e. The van der Waals surface area contributed by atoms with E-state index in [9.17, 15) is 4.79 Å². The Kier molecular flexibility index (Phi) is 5.29. The van der Waals surface area contributed by atoms with Gasteiger partial charge in [0.2, 0.25) is 0 Å². The molecule has 0 bridgehead atoms. The number of likely N-dealkylation sites (tertiary alicyclic amines) is 1. The number of nitrogens with zero attached hydrogens (tertiary/aromatic N) is 1. The number of unbranched alkanes of at least 4 members (excludes halogenated alkanes) is 1. The van der Waals surface area contributed by atoms with Crippen molar-refractivity contribution >= 4 is 6.03 Å². The fourth-order valence-electron chi connectivity index (χ4n) is 2.62. The van der Waals surface area contributed by atoms with Crippen LogP contribution in [0.1, 0.15) is 45.4 Å². The minimum atomic E-state index is 0.0177. The zero-order valence-electron chi connectivity index (χ0n) is 11.6. The highest BCUT2D eigenvalue weighted by Crippen LogP contribution is 2.18. The Morgan fingerprint density at radius 3 is 2.83 bits per heavy atom. The first-order valence-electron chi connectivity index (χ1n) is 7.51. The molecule has 1 aliphatic carbocycles. The third-order valence-corrected chi connectivity index (χ3v) is 3.84. The molecule has 0 spiro atoms. The highest BCUT2D eigenvalue weighted by molar-refractivity contribution is 5.74. The smallest absolute Gasteiger partial charge is 0.315 e. The van der Waals surface area contributed by atoms with Crippen LogP contribution in [0.3, 0.4) is 0 Å². The number of piperidine rings is 1. The van der Waals surface area contributed by atoms with Crippen molar-refractivity contribution in [1.29, 1.82) is 0 Å². The van der Waals surface area contributed by atoms with Gasteiger partial charge in [-0.1, -0.05) is 6.92 Å². The molecule has 0 radical (unpaired) electrons. The molecule has 104 valence electrons. The Morgan fingerprint density at radius 2 is 2.11 bits per heavy atom. The van der Waals surface area contributed by atoms with Crippen LogP contribution in [-0.2, 0) is 0 Å². The lowest BCUT2D eigenvalue weighted by Crippen LogP contribution is -2.38. The lowest BCUT2D eigenvalue weighted by molar-refractivity contribution is 0.181. The van der Waals surface area contributed by atoms with Gasteiger partial charge in [0.05, 0.1) is 0 Å². The summed E-state index contributed by atoms with van der Waals surface area (Å²) in [5.41, 5.74) is 0. The molecular formula is C14H27N3O. The van der Waals surface area contributed by atoms with Crippen molar-refractivity contribution in [2.24, 2.45) is 5.92 Å². The summed E-state index contributed by atoms with van der Waals surface area (Å²) in [5, 5.41) is 5.87. The standard InChI is InChI=1S/C14H27N3O/c1-12-5-4-10-17(11-12)9-3-2-8-15-14(18)16-13-6-7-13/h12-13H,2-11H2,1H3,(H2,15,16,18). The molecule has 2 amide bonds. The lowest BCUT2D eigenvalue weighted by Gasteiger charge is -2.30. The summed E-state index contributed by atoms with van der Waals surface area (Å²) in [7, 11) is 0. The summed E-state index contributed by atoms with van der Waals surface area (Å²) in [5.74, 6) is 0.862. The predicted molar refractivity (Wildman–Crippen MR) is 73.6 cm³/mol. The minimum absolute atomic E-state index is 0.0177. The topological polar surface area (TPSA) is 44.4 Å². The van der Waals surface area contributed by atoms with Gasteiger partial charge >= 0.3 is 6.03 Å². The second-order valence-electron chi connectivity index (χ2n) is 5.93. The molecule has 2 N–H and O–H groups in total. The Labute approximate surface area is 110 Å². The molecule has 1 heterocycles. The number of carbonyl (C=O) groups is 1. The summed E-state index contributed by atoms with van der Waals surface area (Å²) < 4.78 is 0. The summed E-state index contributed by atoms with van der Waals surface area (Å²) in [6.45, 7) is 6.86. The van der Waals surface area contributed by atoms with E-state index >= 15 is 0 Å². The molecule has 1 saturated heterocycles. The van der Waals surface area contributed by atoms with Gasteiger partial charge in [-0.05, 0) is 57.5 Å². The quantitative estimate of drug-likeness (QED) is 0.711. The summed E-state index contributed by atoms with van der Waals surface area (Å²) in [4.78, 5) is 13.9. The number of nitrogens with one attached hydrogen (secondary N) is 2. The van der Waals surface area contributed by atoms with Gasteiger partial charge in [-0.2, -0.15) is 0 Å². The third kappa shape index (κ3) is 5.25. The van der Waals surface area contributed by atoms with Crippen molar-refractivity contribution in [2.75, 3.05) is 26.2 Å². The molecule has 2 aliphatic rings. The maximum absolute atomic E-state index is 11.4. The van der Waals surface area contributed by atoms with Gasteiger partial charge in [0.25, 0.3) is 0 Å². The van der Waals surface area contributed by atoms with E-state index < -0.39 is 0 Å². The lowest BCUT2D eigenvalue weighted by atomic mass is 10.0. The van der Waals surface area contributed by atoms with Gasteiger partial charge in [0.1, 0.15) is 0 Å². The van der Waals surface area contributed by atoms with Crippen LogP contribution in [0.5, 0.6) is 0 Å². The molecule has 1 aliphatic heterocycles. The Bertz CT molecular complexity index is 266. The van der Waals surface area contributed by atoms with E-state index in [4.69, 9.17) is 0 Å². The monoisotopic (exact) mass is 253 g/mol. The molecule has 1 atom stereocenters. The van der Waals surface area contributed by atoms with Crippen LogP contribution >= 0.6 is 0 Å². The fourth-order valence-corrected chi connectivity index (χ4v) is 2.62. The molecule has 2 fully saturated rings. The number of rotatable bonds is 6. The molecule has 0 aromatic heterocycles. The zero-order valence-corrected chi connectivity index (χ0v) is 11.6. The van der Waals surface area contributed by atoms with Gasteiger partial charge in [-0.25, -0.2) is 4.79 Å². The van der Waals surface area contributed by atoms with Crippen LogP contribution in [0.25, 0.3) is 0 Å². The summed E-state index contributed by atoms with van der Waals surface area (Å²) in [6, 6.07) is 0.476.